The van der Waals surface area contributed by atoms with Gasteiger partial charge in [0, 0.05) is 12.0 Å². The number of aliphatic hydroxyl groups is 6. The number of allylic oxidation sites excluding steroid dienone is 1. The van der Waals surface area contributed by atoms with Gasteiger partial charge in [-0.3, -0.25) is 0 Å². The third-order valence-corrected chi connectivity index (χ3v) is 12.3. The molecule has 0 amide bonds. The Morgan fingerprint density at radius 2 is 1.61 bits per heavy atom. The highest BCUT2D eigenvalue weighted by Gasteiger charge is 2.67. The molecule has 2 fully saturated rings. The maximum Gasteiger partial charge on any atom is 0.0853 e. The van der Waals surface area contributed by atoms with E-state index in [0.717, 1.165) is 25.7 Å². The van der Waals surface area contributed by atoms with Crippen molar-refractivity contribution in [1.29, 1.82) is 0 Å². The number of aliphatic hydroxyl groups excluding tert-OH is 5. The zero-order valence-electron chi connectivity index (χ0n) is 23.6. The number of fused-ring (bicyclic) bond motifs is 4. The molecule has 4 aliphatic carbocycles. The fourth-order valence-corrected chi connectivity index (χ4v) is 9.77. The molecule has 0 heterocycles. The molecule has 0 aromatic heterocycles. The maximum atomic E-state index is 11.9. The zero-order valence-corrected chi connectivity index (χ0v) is 23.6. The molecule has 4 rings (SSSR count). The molecule has 208 valence electrons. The molecule has 2 saturated carbocycles. The van der Waals surface area contributed by atoms with Gasteiger partial charge < -0.3 is 30.6 Å². The van der Waals surface area contributed by atoms with Crippen LogP contribution >= 0.6 is 0 Å². The molecule has 6 heteroatoms. The van der Waals surface area contributed by atoms with Gasteiger partial charge in [-0.15, -0.1) is 0 Å². The Kier molecular flexibility index (Phi) is 7.15. The summed E-state index contributed by atoms with van der Waals surface area (Å²) in [5.41, 5.74) is 0.313. The molecule has 4 aliphatic rings. The van der Waals surface area contributed by atoms with Crippen LogP contribution in [-0.2, 0) is 0 Å². The van der Waals surface area contributed by atoms with Crippen molar-refractivity contribution in [1.82, 2.24) is 0 Å². The van der Waals surface area contributed by atoms with Crippen molar-refractivity contribution in [2.75, 3.05) is 6.61 Å². The van der Waals surface area contributed by atoms with Gasteiger partial charge >= 0.3 is 0 Å². The number of hydrogen-bond acceptors (Lipinski definition) is 6. The molecule has 0 aromatic carbocycles. The van der Waals surface area contributed by atoms with Gasteiger partial charge in [0.2, 0.25) is 0 Å². The van der Waals surface area contributed by atoms with Gasteiger partial charge in [-0.2, -0.15) is 0 Å². The summed E-state index contributed by atoms with van der Waals surface area (Å²) in [4.78, 5) is 0. The van der Waals surface area contributed by atoms with Crippen molar-refractivity contribution in [2.24, 2.45) is 39.4 Å². The van der Waals surface area contributed by atoms with Gasteiger partial charge in [0.25, 0.3) is 0 Å². The molecule has 0 bridgehead atoms. The van der Waals surface area contributed by atoms with E-state index in [4.69, 9.17) is 0 Å². The Morgan fingerprint density at radius 1 is 0.972 bits per heavy atom. The second-order valence-corrected chi connectivity index (χ2v) is 14.7. The van der Waals surface area contributed by atoms with E-state index in [1.54, 1.807) is 13.8 Å². The van der Waals surface area contributed by atoms with Crippen LogP contribution in [0.5, 0.6) is 0 Å². The molecular formula is C30H52O6. The van der Waals surface area contributed by atoms with Gasteiger partial charge in [-0.1, -0.05) is 45.8 Å². The lowest BCUT2D eigenvalue weighted by Crippen LogP contribution is -2.61. The summed E-state index contributed by atoms with van der Waals surface area (Å²) >= 11 is 0. The Labute approximate surface area is 217 Å². The quantitative estimate of drug-likeness (QED) is 0.305. The van der Waals surface area contributed by atoms with Crippen LogP contribution in [0.4, 0.5) is 0 Å². The lowest BCUT2D eigenvalue weighted by atomic mass is 9.42. The summed E-state index contributed by atoms with van der Waals surface area (Å²) in [6.45, 7) is 14.2. The van der Waals surface area contributed by atoms with Crippen molar-refractivity contribution in [2.45, 2.75) is 130 Å². The van der Waals surface area contributed by atoms with E-state index in [-0.39, 0.29) is 35.2 Å². The average molecular weight is 509 g/mol. The lowest BCUT2D eigenvalue weighted by Gasteiger charge is -2.63. The van der Waals surface area contributed by atoms with E-state index in [9.17, 15) is 30.6 Å². The highest BCUT2D eigenvalue weighted by molar-refractivity contribution is 5.40. The Hall–Kier alpha value is -0.500. The SMILES string of the molecule is CC(C)(O)[C@H](O)CC[C@H](CO)[C@@H]1CC[C@]2(C)C3=C(C[C@H](O)[C@]12C)[C@]1(C)C[C@H](O)[C@H](O)C(C)(C)[C@H]1CC3. The molecule has 10 atom stereocenters. The van der Waals surface area contributed by atoms with Crippen molar-refractivity contribution in [3.05, 3.63) is 11.1 Å². The summed E-state index contributed by atoms with van der Waals surface area (Å²) < 4.78 is 0. The molecule has 0 saturated heterocycles. The summed E-state index contributed by atoms with van der Waals surface area (Å²) in [6, 6.07) is 0. The minimum atomic E-state index is -1.18. The van der Waals surface area contributed by atoms with Crippen molar-refractivity contribution < 1.29 is 30.6 Å². The van der Waals surface area contributed by atoms with Crippen LogP contribution in [0.1, 0.15) is 99.8 Å². The molecule has 0 aromatic rings. The Balaban J connectivity index is 1.69. The van der Waals surface area contributed by atoms with Crippen LogP contribution in [0.25, 0.3) is 0 Å². The average Bonchev–Trinajstić information content (AvgIpc) is 3.06. The highest BCUT2D eigenvalue weighted by atomic mass is 16.3. The molecule has 0 radical (unpaired) electrons. The first-order chi connectivity index (χ1) is 16.5. The Morgan fingerprint density at radius 3 is 2.19 bits per heavy atom. The second-order valence-electron chi connectivity index (χ2n) is 14.7. The second kappa shape index (κ2) is 9.02. The first-order valence-electron chi connectivity index (χ1n) is 14.2. The highest BCUT2D eigenvalue weighted by Crippen LogP contribution is 2.72. The van der Waals surface area contributed by atoms with Crippen molar-refractivity contribution in [3.63, 3.8) is 0 Å². The van der Waals surface area contributed by atoms with Gasteiger partial charge in [0.15, 0.2) is 0 Å². The summed E-state index contributed by atoms with van der Waals surface area (Å²) in [7, 11) is 0. The molecule has 0 spiro atoms. The van der Waals surface area contributed by atoms with Crippen molar-refractivity contribution in [3.8, 4) is 0 Å². The zero-order chi connectivity index (χ0) is 27.1. The van der Waals surface area contributed by atoms with E-state index in [0.29, 0.717) is 25.7 Å². The molecule has 0 unspecified atom stereocenters. The normalized spacial score (nSPS) is 46.1. The maximum absolute atomic E-state index is 11.9. The molecule has 0 aliphatic heterocycles. The summed E-state index contributed by atoms with van der Waals surface area (Å²) in [6.07, 6.45) is 2.97. The first kappa shape index (κ1) is 28.5. The Bertz CT molecular complexity index is 875. The third-order valence-electron chi connectivity index (χ3n) is 12.3. The molecule has 36 heavy (non-hydrogen) atoms. The topological polar surface area (TPSA) is 121 Å². The summed E-state index contributed by atoms with van der Waals surface area (Å²) in [5, 5.41) is 64.7. The van der Waals surface area contributed by atoms with Crippen LogP contribution in [0.2, 0.25) is 0 Å². The van der Waals surface area contributed by atoms with Gasteiger partial charge in [-0.05, 0) is 99.2 Å². The van der Waals surface area contributed by atoms with E-state index in [1.807, 2.05) is 0 Å². The standard InChI is InChI=1S/C30H52O6/c1-26(2)22-10-9-19-20(28(22,5)15-21(32)25(26)35)14-24(34)30(7)18(12-13-29(19,30)6)17(16-31)8-11-23(33)27(3,4)36/h17-18,21-25,31-36H,8-16H2,1-7H3/t17-,18+,21+,22-,23-,24+,25+,28+,29-,30+/m1/s1. The van der Waals surface area contributed by atoms with E-state index in [2.05, 4.69) is 34.6 Å². The third kappa shape index (κ3) is 3.88. The predicted octanol–water partition coefficient (Wildman–Crippen LogP) is 3.56. The smallest absolute Gasteiger partial charge is 0.0853 e. The van der Waals surface area contributed by atoms with Gasteiger partial charge in [-0.25, -0.2) is 0 Å². The largest absolute Gasteiger partial charge is 0.396 e. The van der Waals surface area contributed by atoms with Crippen molar-refractivity contribution >= 4 is 0 Å². The van der Waals surface area contributed by atoms with Crippen LogP contribution in [-0.4, -0.2) is 67.3 Å². The first-order valence-corrected chi connectivity index (χ1v) is 14.2. The number of rotatable bonds is 6. The van der Waals surface area contributed by atoms with E-state index >= 15 is 0 Å². The fourth-order valence-electron chi connectivity index (χ4n) is 9.77. The summed E-state index contributed by atoms with van der Waals surface area (Å²) in [5.74, 6) is 0.308. The fraction of sp³-hybridized carbons (Fsp3) is 0.933. The van der Waals surface area contributed by atoms with Crippen LogP contribution in [0.15, 0.2) is 11.1 Å². The minimum absolute atomic E-state index is 0.00555. The molecule has 6 N–H and O–H groups in total. The molecule has 6 nitrogen and oxygen atoms in total. The number of hydrogen-bond donors (Lipinski definition) is 6. The van der Waals surface area contributed by atoms with Gasteiger partial charge in [0.1, 0.15) is 0 Å². The van der Waals surface area contributed by atoms with E-state index in [1.165, 1.54) is 11.1 Å². The minimum Gasteiger partial charge on any atom is -0.396 e. The predicted molar refractivity (Wildman–Crippen MR) is 140 cm³/mol. The van der Waals surface area contributed by atoms with Gasteiger partial charge in [0.05, 0.1) is 30.0 Å². The van der Waals surface area contributed by atoms with Crippen LogP contribution < -0.4 is 0 Å². The van der Waals surface area contributed by atoms with Crippen LogP contribution in [0.3, 0.4) is 0 Å². The monoisotopic (exact) mass is 508 g/mol. The molecular weight excluding hydrogens is 456 g/mol. The van der Waals surface area contributed by atoms with E-state index < -0.39 is 40.8 Å². The lowest BCUT2D eigenvalue weighted by molar-refractivity contribution is -0.163. The van der Waals surface area contributed by atoms with Crippen LogP contribution in [0, 0.1) is 39.4 Å².